The first kappa shape index (κ1) is 19.4. The molecule has 2 fully saturated rings. The Hall–Kier alpha value is -2.87. The predicted molar refractivity (Wildman–Crippen MR) is 106 cm³/mol. The Morgan fingerprint density at radius 1 is 1.21 bits per heavy atom. The highest BCUT2D eigenvalue weighted by Crippen LogP contribution is 2.46. The normalized spacial score (nSPS) is 23.4. The summed E-state index contributed by atoms with van der Waals surface area (Å²) in [5.74, 6) is 0.145. The topological polar surface area (TPSA) is 98.5 Å². The first-order valence-electron chi connectivity index (χ1n) is 9.99. The van der Waals surface area contributed by atoms with Crippen molar-refractivity contribution in [3.8, 4) is 0 Å². The minimum Gasteiger partial charge on any atom is -0.372 e. The van der Waals surface area contributed by atoms with Crippen LogP contribution in [0.5, 0.6) is 0 Å². The first-order chi connectivity index (χ1) is 14.0. The van der Waals surface area contributed by atoms with E-state index in [-0.39, 0.29) is 42.0 Å². The van der Waals surface area contributed by atoms with Gasteiger partial charge in [0.15, 0.2) is 0 Å². The van der Waals surface area contributed by atoms with Crippen molar-refractivity contribution in [2.75, 3.05) is 32.8 Å². The van der Waals surface area contributed by atoms with E-state index in [9.17, 15) is 14.4 Å². The second-order valence-corrected chi connectivity index (χ2v) is 7.78. The standard InChI is InChI=1S/C21H26N4O4/c1-3-29-12-18(26)25-10-14-9-24(20(27)17-8-22-21(28)23-17)11-16(14)19(25)15-7-5-4-6-13(15)2/h4-8,14,16,19H,3,9-12H2,1-2H3,(H2,22,23,28)/t14-,16-,19+/m0/s1. The third-order valence-electron chi connectivity index (χ3n) is 6.03. The third kappa shape index (κ3) is 3.60. The molecule has 3 heterocycles. The number of nitrogens with zero attached hydrogens (tertiary/aromatic N) is 2. The molecule has 0 unspecified atom stereocenters. The fraction of sp³-hybridized carbons (Fsp3) is 0.476. The molecule has 2 aliphatic heterocycles. The summed E-state index contributed by atoms with van der Waals surface area (Å²) in [6, 6.07) is 8.01. The predicted octanol–water partition coefficient (Wildman–Crippen LogP) is 1.32. The van der Waals surface area contributed by atoms with Crippen LogP contribution in [0.4, 0.5) is 0 Å². The molecule has 2 aliphatic rings. The van der Waals surface area contributed by atoms with Crippen LogP contribution in [-0.2, 0) is 9.53 Å². The van der Waals surface area contributed by atoms with Crippen molar-refractivity contribution in [3.05, 3.63) is 57.8 Å². The van der Waals surface area contributed by atoms with Crippen LogP contribution in [0.15, 0.2) is 35.3 Å². The minimum absolute atomic E-state index is 0.0117. The SMILES string of the molecule is CCOCC(=O)N1C[C@@H]2CN(C(=O)c3c[nH]c(=O)[nH]3)C[C@@H]2[C@H]1c1ccccc1C. The monoisotopic (exact) mass is 398 g/mol. The van der Waals surface area contributed by atoms with Gasteiger partial charge in [0.1, 0.15) is 12.3 Å². The average Bonchev–Trinajstić information content (AvgIpc) is 3.40. The van der Waals surface area contributed by atoms with Gasteiger partial charge in [-0.2, -0.15) is 0 Å². The lowest BCUT2D eigenvalue weighted by Gasteiger charge is -2.31. The number of ether oxygens (including phenoxy) is 1. The van der Waals surface area contributed by atoms with Crippen molar-refractivity contribution >= 4 is 11.8 Å². The second kappa shape index (κ2) is 7.87. The molecule has 0 spiro atoms. The third-order valence-corrected chi connectivity index (χ3v) is 6.03. The van der Waals surface area contributed by atoms with Gasteiger partial charge in [-0.25, -0.2) is 4.79 Å². The fourth-order valence-corrected chi connectivity index (χ4v) is 4.67. The number of carbonyl (C=O) groups excluding carboxylic acids is 2. The molecule has 154 valence electrons. The van der Waals surface area contributed by atoms with Gasteiger partial charge < -0.3 is 24.5 Å². The van der Waals surface area contributed by atoms with Crippen molar-refractivity contribution < 1.29 is 14.3 Å². The van der Waals surface area contributed by atoms with E-state index in [1.807, 2.05) is 24.0 Å². The molecule has 1 aromatic heterocycles. The van der Waals surface area contributed by atoms with E-state index in [1.54, 1.807) is 4.90 Å². The van der Waals surface area contributed by atoms with E-state index in [0.717, 1.165) is 11.1 Å². The zero-order chi connectivity index (χ0) is 20.5. The summed E-state index contributed by atoms with van der Waals surface area (Å²) in [5.41, 5.74) is 2.13. The summed E-state index contributed by atoms with van der Waals surface area (Å²) >= 11 is 0. The molecule has 2 amide bonds. The van der Waals surface area contributed by atoms with E-state index < -0.39 is 5.69 Å². The molecule has 29 heavy (non-hydrogen) atoms. The van der Waals surface area contributed by atoms with Gasteiger partial charge in [-0.15, -0.1) is 0 Å². The summed E-state index contributed by atoms with van der Waals surface area (Å²) in [7, 11) is 0. The molecule has 0 radical (unpaired) electrons. The van der Waals surface area contributed by atoms with Crippen molar-refractivity contribution in [1.29, 1.82) is 0 Å². The van der Waals surface area contributed by atoms with Gasteiger partial charge in [0.25, 0.3) is 5.91 Å². The van der Waals surface area contributed by atoms with Crippen molar-refractivity contribution in [2.24, 2.45) is 11.8 Å². The Bertz CT molecular complexity index is 965. The van der Waals surface area contributed by atoms with Gasteiger partial charge in [0.2, 0.25) is 5.91 Å². The molecule has 0 saturated carbocycles. The lowest BCUT2D eigenvalue weighted by atomic mass is 9.87. The highest BCUT2D eigenvalue weighted by Gasteiger charge is 2.50. The van der Waals surface area contributed by atoms with Crippen LogP contribution in [0.3, 0.4) is 0 Å². The zero-order valence-corrected chi connectivity index (χ0v) is 16.7. The summed E-state index contributed by atoms with van der Waals surface area (Å²) in [5, 5.41) is 0. The number of H-pyrrole nitrogens is 2. The van der Waals surface area contributed by atoms with Gasteiger partial charge in [-0.05, 0) is 25.0 Å². The lowest BCUT2D eigenvalue weighted by molar-refractivity contribution is -0.137. The Labute approximate surface area is 168 Å². The number of likely N-dealkylation sites (tertiary alicyclic amines) is 2. The zero-order valence-electron chi connectivity index (χ0n) is 16.7. The summed E-state index contributed by atoms with van der Waals surface area (Å²) in [4.78, 5) is 45.7. The van der Waals surface area contributed by atoms with Gasteiger partial charge >= 0.3 is 5.69 Å². The number of hydrogen-bond acceptors (Lipinski definition) is 4. The molecule has 2 N–H and O–H groups in total. The molecule has 3 atom stereocenters. The van der Waals surface area contributed by atoms with Crippen LogP contribution in [0.25, 0.3) is 0 Å². The number of aromatic nitrogens is 2. The Kier molecular flexibility index (Phi) is 5.27. The number of fused-ring (bicyclic) bond motifs is 1. The Morgan fingerprint density at radius 2 is 2.00 bits per heavy atom. The molecule has 8 nitrogen and oxygen atoms in total. The molecule has 0 aliphatic carbocycles. The number of rotatable bonds is 5. The molecule has 0 bridgehead atoms. The van der Waals surface area contributed by atoms with E-state index in [4.69, 9.17) is 4.74 Å². The molecule has 8 heteroatoms. The average molecular weight is 398 g/mol. The smallest absolute Gasteiger partial charge is 0.323 e. The van der Waals surface area contributed by atoms with Crippen LogP contribution < -0.4 is 5.69 Å². The van der Waals surface area contributed by atoms with E-state index in [0.29, 0.717) is 26.2 Å². The second-order valence-electron chi connectivity index (χ2n) is 7.78. The van der Waals surface area contributed by atoms with Gasteiger partial charge in [-0.1, -0.05) is 24.3 Å². The van der Waals surface area contributed by atoms with Crippen LogP contribution in [0.1, 0.15) is 34.6 Å². The van der Waals surface area contributed by atoms with Crippen molar-refractivity contribution in [3.63, 3.8) is 0 Å². The number of amides is 2. The summed E-state index contributed by atoms with van der Waals surface area (Å²) < 4.78 is 5.37. The van der Waals surface area contributed by atoms with Gasteiger partial charge in [0.05, 0.1) is 6.04 Å². The highest BCUT2D eigenvalue weighted by molar-refractivity contribution is 5.92. The van der Waals surface area contributed by atoms with Gasteiger partial charge in [0, 0.05) is 44.3 Å². The Balaban J connectivity index is 1.60. The number of aromatic amines is 2. The van der Waals surface area contributed by atoms with Crippen molar-refractivity contribution in [2.45, 2.75) is 19.9 Å². The molecule has 4 rings (SSSR count). The minimum atomic E-state index is -0.391. The summed E-state index contributed by atoms with van der Waals surface area (Å²) in [6.07, 6.45) is 1.41. The largest absolute Gasteiger partial charge is 0.372 e. The van der Waals surface area contributed by atoms with E-state index in [1.165, 1.54) is 6.20 Å². The number of imidazole rings is 1. The maximum absolute atomic E-state index is 12.8. The number of nitrogens with one attached hydrogen (secondary N) is 2. The lowest BCUT2D eigenvalue weighted by Crippen LogP contribution is -2.39. The molecular weight excluding hydrogens is 372 g/mol. The van der Waals surface area contributed by atoms with Crippen LogP contribution in [0, 0.1) is 18.8 Å². The van der Waals surface area contributed by atoms with Crippen LogP contribution in [0.2, 0.25) is 0 Å². The molecule has 2 aromatic rings. The van der Waals surface area contributed by atoms with E-state index >= 15 is 0 Å². The first-order valence-corrected chi connectivity index (χ1v) is 9.99. The maximum atomic E-state index is 12.8. The number of benzene rings is 1. The number of aryl methyl sites for hydroxylation is 1. The number of carbonyl (C=O) groups is 2. The highest BCUT2D eigenvalue weighted by atomic mass is 16.5. The molecule has 2 saturated heterocycles. The summed E-state index contributed by atoms with van der Waals surface area (Å²) in [6.45, 7) is 6.22. The van der Waals surface area contributed by atoms with Crippen molar-refractivity contribution in [1.82, 2.24) is 19.8 Å². The fourth-order valence-electron chi connectivity index (χ4n) is 4.67. The Morgan fingerprint density at radius 3 is 2.69 bits per heavy atom. The maximum Gasteiger partial charge on any atom is 0.323 e. The number of hydrogen-bond donors (Lipinski definition) is 2. The molecule has 1 aromatic carbocycles. The van der Waals surface area contributed by atoms with Gasteiger partial charge in [-0.3, -0.25) is 9.59 Å². The van der Waals surface area contributed by atoms with Crippen LogP contribution >= 0.6 is 0 Å². The van der Waals surface area contributed by atoms with E-state index in [2.05, 4.69) is 29.0 Å². The quantitative estimate of drug-likeness (QED) is 0.794. The van der Waals surface area contributed by atoms with Crippen LogP contribution in [-0.4, -0.2) is 64.4 Å². The molecular formula is C21H26N4O4.